The van der Waals surface area contributed by atoms with E-state index < -0.39 is 0 Å². The van der Waals surface area contributed by atoms with Crippen LogP contribution >= 0.6 is 0 Å². The zero-order valence-corrected chi connectivity index (χ0v) is 15.0. The van der Waals surface area contributed by atoms with Gasteiger partial charge in [-0.1, -0.05) is 44.2 Å². The smallest absolute Gasteiger partial charge is 0.256 e. The molecule has 1 saturated heterocycles. The van der Waals surface area contributed by atoms with Crippen molar-refractivity contribution in [1.29, 1.82) is 0 Å². The minimum Gasteiger partial charge on any atom is -0.350 e. The molecule has 2 amide bonds. The summed E-state index contributed by atoms with van der Waals surface area (Å²) in [5.41, 5.74) is 1.93. The van der Waals surface area contributed by atoms with Crippen LogP contribution in [0.1, 0.15) is 41.4 Å². The Kier molecular flexibility index (Phi) is 5.21. The molecule has 2 aromatic rings. The summed E-state index contributed by atoms with van der Waals surface area (Å²) in [6, 6.07) is 12.6. The summed E-state index contributed by atoms with van der Waals surface area (Å²) < 4.78 is 0. The first-order chi connectivity index (χ1) is 12.4. The van der Waals surface area contributed by atoms with Crippen LogP contribution in [0.5, 0.6) is 0 Å². The molecule has 1 aliphatic rings. The Morgan fingerprint density at radius 3 is 2.58 bits per heavy atom. The predicted octanol–water partition coefficient (Wildman–Crippen LogP) is 1.68. The molecule has 3 rings (SSSR count). The van der Waals surface area contributed by atoms with Gasteiger partial charge in [0.1, 0.15) is 0 Å². The number of nitrogens with one attached hydrogen (secondary N) is 2. The fraction of sp³-hybridized carbons (Fsp3) is 0.350. The van der Waals surface area contributed by atoms with E-state index in [4.69, 9.17) is 0 Å². The van der Waals surface area contributed by atoms with Gasteiger partial charge in [-0.15, -0.1) is 0 Å². The Balaban J connectivity index is 1.81. The Labute approximate surface area is 152 Å². The first-order valence-corrected chi connectivity index (χ1v) is 8.80. The molecule has 2 N–H and O–H groups in total. The second-order valence-corrected chi connectivity index (χ2v) is 6.94. The summed E-state index contributed by atoms with van der Waals surface area (Å²) in [5, 5.41) is 2.96. The van der Waals surface area contributed by atoms with Crippen molar-refractivity contribution in [3.63, 3.8) is 0 Å². The zero-order chi connectivity index (χ0) is 18.7. The quantitative estimate of drug-likeness (QED) is 0.877. The molecule has 6 nitrogen and oxygen atoms in total. The van der Waals surface area contributed by atoms with E-state index in [1.165, 1.54) is 6.07 Å². The Morgan fingerprint density at radius 2 is 1.88 bits per heavy atom. The van der Waals surface area contributed by atoms with Gasteiger partial charge in [0.05, 0.1) is 18.2 Å². The molecule has 0 aliphatic carbocycles. The van der Waals surface area contributed by atoms with Crippen LogP contribution in [0.15, 0.2) is 47.3 Å². The second-order valence-electron chi connectivity index (χ2n) is 6.94. The van der Waals surface area contributed by atoms with Gasteiger partial charge in [0.2, 0.25) is 11.5 Å². The van der Waals surface area contributed by atoms with E-state index in [0.29, 0.717) is 24.2 Å². The number of benzene rings is 1. The summed E-state index contributed by atoms with van der Waals surface area (Å²) in [4.78, 5) is 41.0. The predicted molar refractivity (Wildman–Crippen MR) is 99.1 cm³/mol. The van der Waals surface area contributed by atoms with Crippen LogP contribution in [-0.2, 0) is 11.2 Å². The maximum atomic E-state index is 13.0. The van der Waals surface area contributed by atoms with Crippen LogP contribution in [0.25, 0.3) is 0 Å². The molecule has 0 unspecified atom stereocenters. The third-order valence-corrected chi connectivity index (χ3v) is 4.51. The Morgan fingerprint density at radius 1 is 1.15 bits per heavy atom. The number of carbonyl (C=O) groups is 2. The average molecular weight is 353 g/mol. The number of aromatic nitrogens is 1. The third-order valence-electron chi connectivity index (χ3n) is 4.51. The minimum absolute atomic E-state index is 0.00147. The van der Waals surface area contributed by atoms with Gasteiger partial charge in [-0.3, -0.25) is 14.4 Å². The van der Waals surface area contributed by atoms with Gasteiger partial charge in [0.25, 0.3) is 5.91 Å². The summed E-state index contributed by atoms with van der Waals surface area (Å²) in [6.07, 6.45) is 0.666. The maximum Gasteiger partial charge on any atom is 0.256 e. The standard InChI is InChI=1S/C20H23N3O3/c1-13(2)19-16(8-9-17(24)22-19)20(26)23-11-15(21-18(25)12-23)10-14-6-4-3-5-7-14/h3-9,13,15H,10-12H2,1-2H3,(H,21,25)(H,22,24)/t15-/m0/s1. The molecule has 1 aromatic carbocycles. The molecule has 1 fully saturated rings. The number of H-pyrrole nitrogens is 1. The molecule has 0 bridgehead atoms. The topological polar surface area (TPSA) is 82.3 Å². The number of hydrogen-bond acceptors (Lipinski definition) is 3. The summed E-state index contributed by atoms with van der Waals surface area (Å²) in [6.45, 7) is 4.31. The molecule has 6 heteroatoms. The van der Waals surface area contributed by atoms with Crippen molar-refractivity contribution in [2.75, 3.05) is 13.1 Å². The lowest BCUT2D eigenvalue weighted by molar-refractivity contribution is -0.124. The van der Waals surface area contributed by atoms with E-state index in [-0.39, 0.29) is 35.9 Å². The number of hydrogen-bond donors (Lipinski definition) is 2. The summed E-state index contributed by atoms with van der Waals surface area (Å²) in [7, 11) is 0. The van der Waals surface area contributed by atoms with Gasteiger partial charge in [-0.2, -0.15) is 0 Å². The van der Waals surface area contributed by atoms with Crippen molar-refractivity contribution >= 4 is 11.8 Å². The van der Waals surface area contributed by atoms with Crippen LogP contribution in [0, 0.1) is 0 Å². The molecule has 136 valence electrons. The van der Waals surface area contributed by atoms with E-state index >= 15 is 0 Å². The Hall–Kier alpha value is -2.89. The number of nitrogens with zero attached hydrogens (tertiary/aromatic N) is 1. The second kappa shape index (κ2) is 7.56. The summed E-state index contributed by atoms with van der Waals surface area (Å²) in [5.74, 6) is -0.388. The summed E-state index contributed by atoms with van der Waals surface area (Å²) >= 11 is 0. The molecule has 1 aliphatic heterocycles. The lowest BCUT2D eigenvalue weighted by Crippen LogP contribution is -2.56. The van der Waals surface area contributed by atoms with Crippen molar-refractivity contribution in [2.24, 2.45) is 0 Å². The number of piperazine rings is 1. The molecule has 0 saturated carbocycles. The van der Waals surface area contributed by atoms with E-state index in [0.717, 1.165) is 5.56 Å². The first kappa shape index (κ1) is 17.9. The third kappa shape index (κ3) is 4.02. The van der Waals surface area contributed by atoms with Gasteiger partial charge < -0.3 is 15.2 Å². The largest absolute Gasteiger partial charge is 0.350 e. The van der Waals surface area contributed by atoms with E-state index in [1.807, 2.05) is 44.2 Å². The highest BCUT2D eigenvalue weighted by Gasteiger charge is 2.30. The fourth-order valence-electron chi connectivity index (χ4n) is 3.29. The SMILES string of the molecule is CC(C)c1[nH]c(=O)ccc1C(=O)N1CC(=O)N[C@@H](Cc2ccccc2)C1. The lowest BCUT2D eigenvalue weighted by atomic mass is 10.0. The maximum absolute atomic E-state index is 13.0. The van der Waals surface area contributed by atoms with Crippen molar-refractivity contribution < 1.29 is 9.59 Å². The molecule has 1 atom stereocenters. The van der Waals surface area contributed by atoms with Crippen LogP contribution < -0.4 is 10.9 Å². The molecule has 1 aromatic heterocycles. The molecule has 0 radical (unpaired) electrons. The van der Waals surface area contributed by atoms with Crippen LogP contribution in [0.4, 0.5) is 0 Å². The molecule has 26 heavy (non-hydrogen) atoms. The lowest BCUT2D eigenvalue weighted by Gasteiger charge is -2.33. The van der Waals surface area contributed by atoms with E-state index in [9.17, 15) is 14.4 Å². The van der Waals surface area contributed by atoms with Crippen molar-refractivity contribution in [3.8, 4) is 0 Å². The van der Waals surface area contributed by atoms with Gasteiger partial charge in [-0.05, 0) is 24.0 Å². The molecule has 0 spiro atoms. The van der Waals surface area contributed by atoms with Gasteiger partial charge in [0.15, 0.2) is 0 Å². The Bertz CT molecular complexity index is 858. The normalized spacial score (nSPS) is 17.3. The number of rotatable bonds is 4. The van der Waals surface area contributed by atoms with Crippen molar-refractivity contribution in [3.05, 3.63) is 69.6 Å². The number of amides is 2. The van der Waals surface area contributed by atoms with Crippen molar-refractivity contribution in [1.82, 2.24) is 15.2 Å². The molecule has 2 heterocycles. The van der Waals surface area contributed by atoms with Crippen molar-refractivity contribution in [2.45, 2.75) is 32.2 Å². The zero-order valence-electron chi connectivity index (χ0n) is 15.0. The van der Waals surface area contributed by atoms with Crippen LogP contribution in [0.2, 0.25) is 0 Å². The van der Waals surface area contributed by atoms with Crippen LogP contribution in [0.3, 0.4) is 0 Å². The fourth-order valence-corrected chi connectivity index (χ4v) is 3.29. The number of pyridine rings is 1. The van der Waals surface area contributed by atoms with E-state index in [1.54, 1.807) is 11.0 Å². The molecular weight excluding hydrogens is 330 g/mol. The average Bonchev–Trinajstić information content (AvgIpc) is 2.61. The van der Waals surface area contributed by atoms with Crippen LogP contribution in [-0.4, -0.2) is 40.8 Å². The highest BCUT2D eigenvalue weighted by molar-refractivity contribution is 5.98. The number of aromatic amines is 1. The monoisotopic (exact) mass is 353 g/mol. The first-order valence-electron chi connectivity index (χ1n) is 8.80. The van der Waals surface area contributed by atoms with Gasteiger partial charge in [-0.25, -0.2) is 0 Å². The number of carbonyl (C=O) groups excluding carboxylic acids is 2. The highest BCUT2D eigenvalue weighted by Crippen LogP contribution is 2.18. The molecular formula is C20H23N3O3. The van der Waals surface area contributed by atoms with E-state index in [2.05, 4.69) is 10.3 Å². The van der Waals surface area contributed by atoms with Gasteiger partial charge in [0, 0.05) is 18.3 Å². The highest BCUT2D eigenvalue weighted by atomic mass is 16.2. The minimum atomic E-state index is -0.233. The van der Waals surface area contributed by atoms with Gasteiger partial charge >= 0.3 is 0 Å².